The Hall–Kier alpha value is -1.99. The van der Waals surface area contributed by atoms with Gasteiger partial charge in [0, 0.05) is 22.0 Å². The maximum Gasteiger partial charge on any atom is 0.330 e. The van der Waals surface area contributed by atoms with E-state index in [1.54, 1.807) is 28.6 Å². The highest BCUT2D eigenvalue weighted by Gasteiger charge is 2.43. The molecule has 1 amide bonds. The van der Waals surface area contributed by atoms with Gasteiger partial charge in [0.05, 0.1) is 17.8 Å². The van der Waals surface area contributed by atoms with Crippen LogP contribution in [-0.2, 0) is 16.0 Å². The largest absolute Gasteiger partial charge is 0.479 e. The van der Waals surface area contributed by atoms with Crippen molar-refractivity contribution in [1.29, 1.82) is 0 Å². The molecule has 26 heavy (non-hydrogen) atoms. The molecule has 1 aliphatic heterocycles. The fraction of sp³-hybridized carbons (Fsp3) is 0.389. The zero-order chi connectivity index (χ0) is 18.9. The van der Waals surface area contributed by atoms with E-state index in [4.69, 9.17) is 11.6 Å². The normalized spacial score (nSPS) is 19.5. The van der Waals surface area contributed by atoms with Gasteiger partial charge >= 0.3 is 5.97 Å². The van der Waals surface area contributed by atoms with E-state index in [2.05, 4.69) is 10.4 Å². The lowest BCUT2D eigenvalue weighted by molar-refractivity contribution is -0.146. The Balaban J connectivity index is 1.81. The van der Waals surface area contributed by atoms with Crippen LogP contribution in [0.15, 0.2) is 24.3 Å². The highest BCUT2D eigenvalue weighted by molar-refractivity contribution is 7.99. The van der Waals surface area contributed by atoms with Gasteiger partial charge < -0.3 is 10.4 Å². The van der Waals surface area contributed by atoms with Crippen LogP contribution in [0.4, 0.5) is 0 Å². The number of carboxylic acids is 1. The molecular formula is C18H20ClN3O3S. The summed E-state index contributed by atoms with van der Waals surface area (Å²) in [5, 5.41) is 17.4. The first-order chi connectivity index (χ1) is 12.3. The molecule has 6 nitrogen and oxygen atoms in total. The molecule has 1 saturated heterocycles. The molecule has 8 heteroatoms. The van der Waals surface area contributed by atoms with Crippen LogP contribution in [0.5, 0.6) is 0 Å². The van der Waals surface area contributed by atoms with Gasteiger partial charge in [0.1, 0.15) is 5.54 Å². The molecule has 2 aromatic rings. The second-order valence-electron chi connectivity index (χ2n) is 6.45. The molecule has 0 radical (unpaired) electrons. The molecule has 3 rings (SSSR count). The fourth-order valence-corrected chi connectivity index (χ4v) is 4.57. The molecule has 1 aromatic heterocycles. The molecule has 2 heterocycles. The number of nitrogens with one attached hydrogen (secondary N) is 1. The number of thioether (sulfide) groups is 1. The van der Waals surface area contributed by atoms with Gasteiger partial charge in [-0.05, 0) is 50.3 Å². The van der Waals surface area contributed by atoms with Crippen LogP contribution < -0.4 is 5.32 Å². The zero-order valence-electron chi connectivity index (χ0n) is 14.6. The van der Waals surface area contributed by atoms with Gasteiger partial charge in [0.2, 0.25) is 5.91 Å². The minimum atomic E-state index is -1.16. The smallest absolute Gasteiger partial charge is 0.330 e. The van der Waals surface area contributed by atoms with Gasteiger partial charge in [0.15, 0.2) is 0 Å². The summed E-state index contributed by atoms with van der Waals surface area (Å²) in [5.74, 6) is -0.132. The standard InChI is InChI=1S/C18H20ClN3O3S/c1-11-15(9-16(23)20-18(17(24)25)7-8-26-10-18)12(2)22(21-11)14-5-3-13(19)4-6-14/h3-6H,7-10H2,1-2H3,(H,20,23)(H,24,25). The third-order valence-corrected chi connectivity index (χ3v) is 6.10. The summed E-state index contributed by atoms with van der Waals surface area (Å²) in [7, 11) is 0. The molecular weight excluding hydrogens is 374 g/mol. The number of carbonyl (C=O) groups excluding carboxylic acids is 1. The molecule has 1 unspecified atom stereocenters. The molecule has 138 valence electrons. The number of halogens is 1. The molecule has 0 saturated carbocycles. The van der Waals surface area contributed by atoms with E-state index in [1.165, 1.54) is 0 Å². The molecule has 1 atom stereocenters. The van der Waals surface area contributed by atoms with Crippen molar-refractivity contribution in [2.24, 2.45) is 0 Å². The van der Waals surface area contributed by atoms with Gasteiger partial charge in [-0.3, -0.25) is 4.79 Å². The summed E-state index contributed by atoms with van der Waals surface area (Å²) >= 11 is 7.48. The van der Waals surface area contributed by atoms with Crippen LogP contribution in [-0.4, -0.2) is 43.8 Å². The first kappa shape index (κ1) is 18.8. The Kier molecular flexibility index (Phi) is 5.29. The number of amides is 1. The first-order valence-corrected chi connectivity index (χ1v) is 9.79. The van der Waals surface area contributed by atoms with Crippen LogP contribution in [0, 0.1) is 13.8 Å². The number of hydrogen-bond acceptors (Lipinski definition) is 4. The van der Waals surface area contributed by atoms with E-state index in [-0.39, 0.29) is 12.3 Å². The van der Waals surface area contributed by atoms with Gasteiger partial charge in [-0.1, -0.05) is 11.6 Å². The Morgan fingerprint density at radius 1 is 1.35 bits per heavy atom. The summed E-state index contributed by atoms with van der Waals surface area (Å²) < 4.78 is 1.77. The van der Waals surface area contributed by atoms with Crippen molar-refractivity contribution < 1.29 is 14.7 Å². The van der Waals surface area contributed by atoms with E-state index >= 15 is 0 Å². The lowest BCUT2D eigenvalue weighted by atomic mass is 9.98. The fourth-order valence-electron chi connectivity index (χ4n) is 3.12. The number of carboxylic acid groups (broad SMARTS) is 1. The van der Waals surface area contributed by atoms with Crippen LogP contribution in [0.2, 0.25) is 5.02 Å². The third-order valence-electron chi connectivity index (χ3n) is 4.66. The molecule has 0 aliphatic carbocycles. The maximum absolute atomic E-state index is 12.5. The molecule has 1 aliphatic rings. The summed E-state index contributed by atoms with van der Waals surface area (Å²) in [6.45, 7) is 3.75. The van der Waals surface area contributed by atoms with E-state index in [0.717, 1.165) is 28.4 Å². The lowest BCUT2D eigenvalue weighted by Gasteiger charge is -2.24. The predicted molar refractivity (Wildman–Crippen MR) is 102 cm³/mol. The highest BCUT2D eigenvalue weighted by atomic mass is 35.5. The topological polar surface area (TPSA) is 84.2 Å². The molecule has 0 bridgehead atoms. The van der Waals surface area contributed by atoms with Crippen LogP contribution in [0.3, 0.4) is 0 Å². The minimum absolute atomic E-state index is 0.102. The minimum Gasteiger partial charge on any atom is -0.479 e. The van der Waals surface area contributed by atoms with E-state index < -0.39 is 11.5 Å². The van der Waals surface area contributed by atoms with Crippen LogP contribution in [0.1, 0.15) is 23.4 Å². The van der Waals surface area contributed by atoms with Gasteiger partial charge in [-0.15, -0.1) is 0 Å². The Labute approximate surface area is 160 Å². The molecule has 1 fully saturated rings. The van der Waals surface area contributed by atoms with Crippen molar-refractivity contribution >= 4 is 35.2 Å². The second kappa shape index (κ2) is 7.32. The number of hydrogen-bond donors (Lipinski definition) is 2. The zero-order valence-corrected chi connectivity index (χ0v) is 16.2. The molecule has 0 spiro atoms. The van der Waals surface area contributed by atoms with Gasteiger partial charge in [-0.2, -0.15) is 16.9 Å². The Bertz CT molecular complexity index is 842. The number of nitrogens with zero attached hydrogens (tertiary/aromatic N) is 2. The summed E-state index contributed by atoms with van der Waals surface area (Å²) in [6.07, 6.45) is 0.547. The number of aryl methyl sites for hydroxylation is 1. The van der Waals surface area contributed by atoms with Crippen molar-refractivity contribution in [2.75, 3.05) is 11.5 Å². The van der Waals surface area contributed by atoms with Crippen molar-refractivity contribution in [1.82, 2.24) is 15.1 Å². The van der Waals surface area contributed by atoms with Gasteiger partial charge in [0.25, 0.3) is 0 Å². The Morgan fingerprint density at radius 3 is 2.62 bits per heavy atom. The summed E-state index contributed by atoms with van der Waals surface area (Å²) in [5.41, 5.74) is 2.11. The first-order valence-electron chi connectivity index (χ1n) is 8.25. The average molecular weight is 394 g/mol. The van der Waals surface area contributed by atoms with Gasteiger partial charge in [-0.25, -0.2) is 9.48 Å². The number of aromatic nitrogens is 2. The summed E-state index contributed by atoms with van der Waals surface area (Å²) in [6, 6.07) is 7.30. The average Bonchev–Trinajstić information content (AvgIpc) is 3.17. The quantitative estimate of drug-likeness (QED) is 0.815. The number of rotatable bonds is 5. The lowest BCUT2D eigenvalue weighted by Crippen LogP contribution is -2.55. The number of carbonyl (C=O) groups is 2. The monoisotopic (exact) mass is 393 g/mol. The predicted octanol–water partition coefficient (Wildman–Crippen LogP) is 2.76. The van der Waals surface area contributed by atoms with E-state index in [1.807, 2.05) is 26.0 Å². The molecule has 1 aromatic carbocycles. The highest BCUT2D eigenvalue weighted by Crippen LogP contribution is 2.28. The SMILES string of the molecule is Cc1nn(-c2ccc(Cl)cc2)c(C)c1CC(=O)NC1(C(=O)O)CCSC1. The number of benzene rings is 1. The van der Waals surface area contributed by atoms with Crippen molar-refractivity contribution in [3.63, 3.8) is 0 Å². The van der Waals surface area contributed by atoms with Crippen LogP contribution in [0.25, 0.3) is 5.69 Å². The third kappa shape index (κ3) is 3.59. The Morgan fingerprint density at radius 2 is 2.04 bits per heavy atom. The van der Waals surface area contributed by atoms with E-state index in [9.17, 15) is 14.7 Å². The van der Waals surface area contributed by atoms with Crippen molar-refractivity contribution in [2.45, 2.75) is 32.2 Å². The number of aliphatic carboxylic acids is 1. The van der Waals surface area contributed by atoms with Crippen LogP contribution >= 0.6 is 23.4 Å². The van der Waals surface area contributed by atoms with E-state index in [0.29, 0.717) is 17.2 Å². The van der Waals surface area contributed by atoms with Crippen molar-refractivity contribution in [3.8, 4) is 5.69 Å². The maximum atomic E-state index is 12.5. The van der Waals surface area contributed by atoms with Crippen molar-refractivity contribution in [3.05, 3.63) is 46.2 Å². The molecule has 2 N–H and O–H groups in total. The second-order valence-corrected chi connectivity index (χ2v) is 7.99. The summed E-state index contributed by atoms with van der Waals surface area (Å²) in [4.78, 5) is 24.1.